The second-order valence-corrected chi connectivity index (χ2v) is 8.68. The maximum atomic E-state index is 13.3. The Hall–Kier alpha value is -4.01. The van der Waals surface area contributed by atoms with Gasteiger partial charge in [-0.25, -0.2) is 4.98 Å². The molecule has 4 rings (SSSR count). The predicted octanol–water partition coefficient (Wildman–Crippen LogP) is 3.56. The molecule has 0 saturated carbocycles. The Balaban J connectivity index is 1.79. The van der Waals surface area contributed by atoms with Crippen LogP contribution in [0, 0.1) is 0 Å². The van der Waals surface area contributed by atoms with E-state index in [0.717, 1.165) is 35.2 Å². The summed E-state index contributed by atoms with van der Waals surface area (Å²) in [7, 11) is 4.74. The Bertz CT molecular complexity index is 1290. The summed E-state index contributed by atoms with van der Waals surface area (Å²) in [6.07, 6.45) is 7.54. The number of carbonyl (C=O) groups is 1. The molecule has 1 atom stereocenters. The van der Waals surface area contributed by atoms with Crippen molar-refractivity contribution in [2.75, 3.05) is 33.2 Å². The lowest BCUT2D eigenvalue weighted by Gasteiger charge is -2.19. The molecule has 1 aliphatic rings. The smallest absolute Gasteiger partial charge is 0.217 e. The van der Waals surface area contributed by atoms with E-state index in [4.69, 9.17) is 14.2 Å². The van der Waals surface area contributed by atoms with Crippen LogP contribution in [0.1, 0.15) is 36.9 Å². The Kier molecular flexibility index (Phi) is 7.77. The van der Waals surface area contributed by atoms with Gasteiger partial charge in [-0.3, -0.25) is 9.59 Å². The highest BCUT2D eigenvalue weighted by Gasteiger charge is 2.29. The summed E-state index contributed by atoms with van der Waals surface area (Å²) in [5, 5.41) is 6.30. The molecule has 2 aromatic carbocycles. The minimum atomic E-state index is -0.333. The number of aromatic nitrogens is 2. The number of benzene rings is 1. The van der Waals surface area contributed by atoms with Crippen molar-refractivity contribution in [2.24, 2.45) is 0 Å². The van der Waals surface area contributed by atoms with Gasteiger partial charge in [0.2, 0.25) is 17.1 Å². The van der Waals surface area contributed by atoms with Crippen molar-refractivity contribution in [1.82, 2.24) is 14.9 Å². The summed E-state index contributed by atoms with van der Waals surface area (Å²) in [5.74, 6) is 1.42. The monoisotopic (exact) mass is 492 g/mol. The molecule has 0 aliphatic heterocycles. The SMILES string of the molecule is COc1cc2c(c(OC)c1OC)-c1ccc(NCCCn3ccnc3)c(=O)cc1[C@@H](NC(C)=O)CC2. The molecule has 0 bridgehead atoms. The number of carbonyl (C=O) groups excluding carboxylic acids is 1. The average molecular weight is 493 g/mol. The molecule has 9 nitrogen and oxygen atoms in total. The van der Waals surface area contributed by atoms with Gasteiger partial charge in [0.05, 0.1) is 39.4 Å². The first-order valence-corrected chi connectivity index (χ1v) is 11.9. The molecule has 1 aromatic heterocycles. The number of nitrogens with zero attached hydrogens (tertiary/aromatic N) is 2. The van der Waals surface area contributed by atoms with Crippen molar-refractivity contribution in [1.29, 1.82) is 0 Å². The van der Waals surface area contributed by atoms with Crippen LogP contribution in [-0.2, 0) is 17.8 Å². The fourth-order valence-corrected chi connectivity index (χ4v) is 4.76. The largest absolute Gasteiger partial charge is 0.493 e. The number of hydrogen-bond donors (Lipinski definition) is 2. The number of ether oxygens (including phenoxy) is 3. The summed E-state index contributed by atoms with van der Waals surface area (Å²) in [6.45, 7) is 2.91. The van der Waals surface area contributed by atoms with Crippen LogP contribution in [0.15, 0.2) is 47.8 Å². The molecule has 0 radical (unpaired) electrons. The number of nitrogens with one attached hydrogen (secondary N) is 2. The van der Waals surface area contributed by atoms with Gasteiger partial charge >= 0.3 is 0 Å². The molecule has 9 heteroatoms. The van der Waals surface area contributed by atoms with Crippen molar-refractivity contribution in [3.63, 3.8) is 0 Å². The van der Waals surface area contributed by atoms with Gasteiger partial charge in [-0.1, -0.05) is 6.07 Å². The van der Waals surface area contributed by atoms with Crippen LogP contribution in [0.4, 0.5) is 5.69 Å². The molecule has 1 aliphatic carbocycles. The zero-order chi connectivity index (χ0) is 25.7. The van der Waals surface area contributed by atoms with Crippen LogP contribution in [0.3, 0.4) is 0 Å². The van der Waals surface area contributed by atoms with Gasteiger partial charge in [-0.2, -0.15) is 0 Å². The van der Waals surface area contributed by atoms with Crippen molar-refractivity contribution in [3.8, 4) is 28.4 Å². The molecule has 0 saturated heterocycles. The molecule has 0 fully saturated rings. The molecule has 2 N–H and O–H groups in total. The van der Waals surface area contributed by atoms with Gasteiger partial charge in [0.1, 0.15) is 0 Å². The number of anilines is 1. The van der Waals surface area contributed by atoms with Gasteiger partial charge in [0.15, 0.2) is 11.5 Å². The number of imidazole rings is 1. The summed E-state index contributed by atoms with van der Waals surface area (Å²) in [5.41, 5.74) is 3.73. The first-order chi connectivity index (χ1) is 17.5. The first kappa shape index (κ1) is 25.1. The van der Waals surface area contributed by atoms with Crippen LogP contribution in [-0.4, -0.2) is 43.3 Å². The standard InChI is InChI=1S/C27H32N4O5/c1-17(32)30-21-8-6-18-14-24(34-2)26(35-3)27(36-4)25(18)19-7-9-22(23(33)15-20(19)21)29-10-5-12-31-13-11-28-16-31/h7,9,11,13-16,21H,5-6,8,10,12H2,1-4H3,(H,29,33)(H,30,32)/t21-/m0/s1. The van der Waals surface area contributed by atoms with Crippen LogP contribution >= 0.6 is 0 Å². The number of rotatable bonds is 9. The molecule has 0 unspecified atom stereocenters. The van der Waals surface area contributed by atoms with E-state index in [1.165, 1.54) is 6.92 Å². The zero-order valence-electron chi connectivity index (χ0n) is 21.1. The molecule has 1 amide bonds. The number of amides is 1. The Labute approximate surface area is 210 Å². The number of hydrogen-bond acceptors (Lipinski definition) is 7. The zero-order valence-corrected chi connectivity index (χ0v) is 21.1. The molecule has 36 heavy (non-hydrogen) atoms. The lowest BCUT2D eigenvalue weighted by Crippen LogP contribution is -2.26. The first-order valence-electron chi connectivity index (χ1n) is 11.9. The fraction of sp³-hybridized carbons (Fsp3) is 0.370. The molecular formula is C27H32N4O5. The topological polar surface area (TPSA) is 104 Å². The third kappa shape index (κ3) is 5.15. The molecule has 3 aromatic rings. The van der Waals surface area contributed by atoms with Gasteiger partial charge < -0.3 is 29.4 Å². The van der Waals surface area contributed by atoms with E-state index in [-0.39, 0.29) is 17.4 Å². The van der Waals surface area contributed by atoms with Crippen LogP contribution in [0.5, 0.6) is 17.2 Å². The molecular weight excluding hydrogens is 460 g/mol. The molecule has 1 heterocycles. The lowest BCUT2D eigenvalue weighted by molar-refractivity contribution is -0.119. The highest BCUT2D eigenvalue weighted by atomic mass is 16.5. The van der Waals surface area contributed by atoms with Crippen molar-refractivity contribution < 1.29 is 19.0 Å². The van der Waals surface area contributed by atoms with Crippen molar-refractivity contribution in [2.45, 2.75) is 38.8 Å². The minimum Gasteiger partial charge on any atom is -0.493 e. The molecule has 0 spiro atoms. The Morgan fingerprint density at radius 3 is 2.61 bits per heavy atom. The van der Waals surface area contributed by atoms with E-state index in [1.807, 2.05) is 22.9 Å². The van der Waals surface area contributed by atoms with Gasteiger partial charge in [0.25, 0.3) is 0 Å². The Morgan fingerprint density at radius 1 is 1.14 bits per heavy atom. The minimum absolute atomic E-state index is 0.142. The van der Waals surface area contributed by atoms with E-state index in [2.05, 4.69) is 15.6 Å². The summed E-state index contributed by atoms with van der Waals surface area (Å²) >= 11 is 0. The second kappa shape index (κ2) is 11.2. The van der Waals surface area contributed by atoms with Crippen molar-refractivity contribution in [3.05, 3.63) is 64.3 Å². The van der Waals surface area contributed by atoms with Gasteiger partial charge in [0, 0.05) is 38.0 Å². The van der Waals surface area contributed by atoms with Gasteiger partial charge in [-0.15, -0.1) is 0 Å². The highest BCUT2D eigenvalue weighted by molar-refractivity contribution is 5.83. The number of fused-ring (bicyclic) bond motifs is 3. The quantitative estimate of drug-likeness (QED) is 0.440. The third-order valence-electron chi connectivity index (χ3n) is 6.38. The van der Waals surface area contributed by atoms with Crippen LogP contribution < -0.4 is 30.3 Å². The molecule has 190 valence electrons. The fourth-order valence-electron chi connectivity index (χ4n) is 4.76. The van der Waals surface area contributed by atoms with Gasteiger partial charge in [-0.05, 0) is 54.2 Å². The summed E-state index contributed by atoms with van der Waals surface area (Å²) in [4.78, 5) is 29.4. The normalized spacial score (nSPS) is 14.2. The summed E-state index contributed by atoms with van der Waals surface area (Å²) < 4.78 is 19.0. The number of methoxy groups -OCH3 is 3. The maximum absolute atomic E-state index is 13.3. The average Bonchev–Trinajstić information content (AvgIpc) is 3.28. The Morgan fingerprint density at radius 2 is 1.94 bits per heavy atom. The maximum Gasteiger partial charge on any atom is 0.217 e. The lowest BCUT2D eigenvalue weighted by atomic mass is 9.95. The van der Waals surface area contributed by atoms with E-state index >= 15 is 0 Å². The van der Waals surface area contributed by atoms with E-state index in [1.54, 1.807) is 46.0 Å². The third-order valence-corrected chi connectivity index (χ3v) is 6.38. The number of aryl methyl sites for hydroxylation is 2. The van der Waals surface area contributed by atoms with E-state index in [0.29, 0.717) is 42.3 Å². The highest BCUT2D eigenvalue weighted by Crippen LogP contribution is 2.50. The van der Waals surface area contributed by atoms with Crippen molar-refractivity contribution >= 4 is 11.6 Å². The summed E-state index contributed by atoms with van der Waals surface area (Å²) in [6, 6.07) is 6.95. The van der Waals surface area contributed by atoms with Crippen LogP contribution in [0.25, 0.3) is 11.1 Å². The second-order valence-electron chi connectivity index (χ2n) is 8.68. The van der Waals surface area contributed by atoms with E-state index in [9.17, 15) is 9.59 Å². The predicted molar refractivity (Wildman–Crippen MR) is 138 cm³/mol. The van der Waals surface area contributed by atoms with E-state index < -0.39 is 0 Å². The van der Waals surface area contributed by atoms with Crippen LogP contribution in [0.2, 0.25) is 0 Å².